The van der Waals surface area contributed by atoms with Crippen molar-refractivity contribution in [3.8, 4) is 0 Å². The van der Waals surface area contributed by atoms with E-state index in [2.05, 4.69) is 35.6 Å². The second-order valence-corrected chi connectivity index (χ2v) is 34.7. The molecule has 524 valence electrons. The van der Waals surface area contributed by atoms with Gasteiger partial charge in [-0.1, -0.05) is 8.73 Å². The van der Waals surface area contributed by atoms with Gasteiger partial charge in [0.05, 0.1) is 69.8 Å². The zero-order valence-corrected chi connectivity index (χ0v) is 60.3. The molecule has 5 rings (SSSR count). The number of hydrogen-bond acceptors (Lipinski definition) is 21. The van der Waals surface area contributed by atoms with Gasteiger partial charge in [0, 0.05) is 147 Å². The van der Waals surface area contributed by atoms with Gasteiger partial charge in [0.1, 0.15) is 29.6 Å². The average molecular weight is 1430 g/mol. The molecule has 0 saturated carbocycles. The van der Waals surface area contributed by atoms with Crippen molar-refractivity contribution in [3.63, 3.8) is 0 Å². The van der Waals surface area contributed by atoms with Crippen molar-refractivity contribution in [2.24, 2.45) is 5.73 Å². The number of piperazine rings is 1. The molecular formula is C52H98B3N14O18P5S. The lowest BCUT2D eigenvalue weighted by molar-refractivity contribution is -0.139. The third-order valence-corrected chi connectivity index (χ3v) is 25.6. The van der Waals surface area contributed by atoms with Crippen molar-refractivity contribution in [1.29, 1.82) is 0 Å². The van der Waals surface area contributed by atoms with Crippen LogP contribution in [0.3, 0.4) is 0 Å². The maximum absolute atomic E-state index is 14.9. The van der Waals surface area contributed by atoms with Gasteiger partial charge in [-0.2, -0.15) is 0 Å². The van der Waals surface area contributed by atoms with Crippen LogP contribution in [0.15, 0.2) is 0 Å². The largest absolute Gasteiger partial charge is 0.380 e. The van der Waals surface area contributed by atoms with E-state index in [9.17, 15) is 47.3 Å². The maximum atomic E-state index is 14.9. The van der Waals surface area contributed by atoms with E-state index in [0.29, 0.717) is 47.9 Å². The molecule has 5 aliphatic rings. The predicted octanol–water partition coefficient (Wildman–Crippen LogP) is -2.09. The molecule has 0 aromatic carbocycles. The summed E-state index contributed by atoms with van der Waals surface area (Å²) in [6.07, 6.45) is -0.738. The summed E-state index contributed by atoms with van der Waals surface area (Å²) in [6, 6.07) is -3.25. The summed E-state index contributed by atoms with van der Waals surface area (Å²) >= 11 is 1.20. The first-order chi connectivity index (χ1) is 44.2. The standard InChI is InChI=1S/C52H98B3N14O18P5S/c1-62(2)90(77,83-35-39-30-68(33-45(55)86-39)92(79,64(5)6)84-36-40-31-67(32-44(54)87-40)91(78,63(3)4)82-34-38-28-57-29-43(53)85-38)66-20-18-65(19-21-66)49(73)13-26-93-42-27-50(74)69(52(42)76)17-10-46(70)58-14-8-7-9-41(51(56)75)61-48(72)12-23-80-24-15-59-47(71)11-22-81-25-16-60-89-37-88/h38-45,57,60,89H,7-37,88H2,1-6H3,(H2,56,75)(H,58,70)(H,59,71)(H,61,72). The molecule has 0 aromatic heterocycles. The summed E-state index contributed by atoms with van der Waals surface area (Å²) in [5.74, 6) is -1.46. The number of carbonyl (C=O) groups is 7. The molecule has 0 bridgehead atoms. The molecule has 0 aliphatic carbocycles. The van der Waals surface area contributed by atoms with Gasteiger partial charge in [0.2, 0.25) is 41.4 Å². The number of thioether (sulfide) groups is 1. The quantitative estimate of drug-likeness (QED) is 0.0165. The summed E-state index contributed by atoms with van der Waals surface area (Å²) in [5.41, 5.74) is 5.53. The van der Waals surface area contributed by atoms with Gasteiger partial charge in [0.15, 0.2) is 0 Å². The molecule has 13 unspecified atom stereocenters. The Kier molecular flexibility index (Phi) is 36.4. The van der Waals surface area contributed by atoms with Crippen LogP contribution in [0.1, 0.15) is 51.4 Å². The van der Waals surface area contributed by atoms with E-state index >= 15 is 0 Å². The number of morpholine rings is 3. The minimum atomic E-state index is -3.86. The van der Waals surface area contributed by atoms with Gasteiger partial charge in [-0.15, -0.1) is 21.0 Å². The van der Waals surface area contributed by atoms with E-state index in [1.165, 1.54) is 25.8 Å². The summed E-state index contributed by atoms with van der Waals surface area (Å²) < 4.78 is 100. The van der Waals surface area contributed by atoms with Crippen LogP contribution in [0.2, 0.25) is 0 Å². The number of primary amides is 1. The number of nitrogens with one attached hydrogen (secondary N) is 5. The van der Waals surface area contributed by atoms with Crippen LogP contribution in [-0.4, -0.2) is 342 Å². The number of carbonyl (C=O) groups excluding carboxylic acids is 7. The van der Waals surface area contributed by atoms with Crippen molar-refractivity contribution in [1.82, 2.24) is 64.2 Å². The maximum Gasteiger partial charge on any atom is 0.345 e. The van der Waals surface area contributed by atoms with Crippen molar-refractivity contribution >= 4 is 118 Å². The lowest BCUT2D eigenvalue weighted by Crippen LogP contribution is -2.52. The summed E-state index contributed by atoms with van der Waals surface area (Å²) in [4.78, 5) is 91.5. The number of likely N-dealkylation sites (tertiary alicyclic amines) is 1. The number of nitrogens with two attached hydrogens (primary N) is 1. The highest BCUT2D eigenvalue weighted by Crippen LogP contribution is 2.57. The van der Waals surface area contributed by atoms with Crippen LogP contribution in [0.5, 0.6) is 0 Å². The molecule has 41 heteroatoms. The van der Waals surface area contributed by atoms with Gasteiger partial charge in [-0.25, -0.2) is 28.0 Å². The summed E-state index contributed by atoms with van der Waals surface area (Å²) in [7, 11) is 20.5. The number of amides is 7. The van der Waals surface area contributed by atoms with Gasteiger partial charge in [-0.3, -0.25) is 57.2 Å². The molecule has 5 saturated heterocycles. The molecule has 6 radical (unpaired) electrons. The zero-order valence-electron chi connectivity index (χ0n) is 54.6. The monoisotopic (exact) mass is 1430 g/mol. The van der Waals surface area contributed by atoms with Crippen molar-refractivity contribution in [2.75, 3.05) is 192 Å². The molecular weight excluding hydrogens is 1330 g/mol. The Morgan fingerprint density at radius 2 is 1.20 bits per heavy atom. The summed E-state index contributed by atoms with van der Waals surface area (Å²) in [6.45, 7) is 3.89. The Morgan fingerprint density at radius 3 is 1.76 bits per heavy atom. The molecule has 32 nitrogen and oxygen atoms in total. The lowest BCUT2D eigenvalue weighted by atomic mass is 9.98. The van der Waals surface area contributed by atoms with Gasteiger partial charge in [-0.05, 0) is 67.5 Å². The molecule has 5 heterocycles. The minimum absolute atomic E-state index is 0.00381. The fraction of sp³-hybridized carbons (Fsp3) is 0.865. The van der Waals surface area contributed by atoms with Gasteiger partial charge >= 0.3 is 23.0 Å². The second kappa shape index (κ2) is 41.5. The zero-order chi connectivity index (χ0) is 68.3. The molecule has 0 spiro atoms. The molecule has 93 heavy (non-hydrogen) atoms. The van der Waals surface area contributed by atoms with Crippen molar-refractivity contribution in [3.05, 3.63) is 0 Å². The Morgan fingerprint density at radius 1 is 0.677 bits per heavy atom. The van der Waals surface area contributed by atoms with E-state index in [0.717, 1.165) is 17.3 Å². The molecule has 0 aromatic rings. The van der Waals surface area contributed by atoms with E-state index in [-0.39, 0.29) is 167 Å². The first-order valence-electron chi connectivity index (χ1n) is 31.3. The first-order valence-corrected chi connectivity index (χ1v) is 39.0. The smallest absolute Gasteiger partial charge is 0.345 e. The van der Waals surface area contributed by atoms with Crippen LogP contribution in [0.25, 0.3) is 0 Å². The highest BCUT2D eigenvalue weighted by Gasteiger charge is 2.46. The average Bonchev–Trinajstić information content (AvgIpc) is 2.50. The number of hydrogen-bond donors (Lipinski definition) is 6. The predicted molar refractivity (Wildman–Crippen MR) is 359 cm³/mol. The third kappa shape index (κ3) is 26.9. The van der Waals surface area contributed by atoms with Crippen LogP contribution in [-0.2, 0) is 84.5 Å². The molecule has 5 aliphatic heterocycles. The summed E-state index contributed by atoms with van der Waals surface area (Å²) in [5, 5.41) is 13.8. The van der Waals surface area contributed by atoms with Crippen molar-refractivity contribution in [2.45, 2.75) is 99.0 Å². The van der Waals surface area contributed by atoms with Crippen LogP contribution in [0, 0.1) is 0 Å². The lowest BCUT2D eigenvalue weighted by Gasteiger charge is -2.45. The van der Waals surface area contributed by atoms with E-state index in [1.54, 1.807) is 61.2 Å². The highest BCUT2D eigenvalue weighted by atomic mass is 32.2. The highest BCUT2D eigenvalue weighted by molar-refractivity contribution is 8.00. The van der Waals surface area contributed by atoms with E-state index < -0.39 is 94.3 Å². The molecule has 5 fully saturated rings. The first kappa shape index (κ1) is 81.6. The number of ether oxygens (including phenoxy) is 5. The van der Waals surface area contributed by atoms with Crippen LogP contribution < -0.4 is 32.1 Å². The SMILES string of the molecule is [B]C1CNCC(COP(=O)(N(C)C)N2CC([B])OC(COP(=O)(N(C)C)N3CC([B])OC(COP(=O)(N(C)C)N4CCN(C(=O)CCSC5CC(=O)N(CCC(=O)NCCCCC(NC(=O)CCOCCNC(=O)CCOCCNPCP)C(N)=O)C5=O)CC4)C3)C2)O1. The minimum Gasteiger partial charge on any atom is -0.380 e. The molecule has 13 atom stereocenters. The third-order valence-electron chi connectivity index (χ3n) is 15.3. The number of unbranched alkanes of at least 4 members (excludes halogenated alkanes) is 1. The Bertz CT molecular complexity index is 2560. The van der Waals surface area contributed by atoms with E-state index in [1.807, 2.05) is 0 Å². The van der Waals surface area contributed by atoms with Crippen molar-refractivity contribution < 1.29 is 84.5 Å². The fourth-order valence-electron chi connectivity index (χ4n) is 10.4. The van der Waals surface area contributed by atoms with Crippen LogP contribution in [0.4, 0.5) is 0 Å². The second-order valence-electron chi connectivity index (χ2n) is 23.2. The van der Waals surface area contributed by atoms with Gasteiger partial charge < -0.3 is 69.2 Å². The van der Waals surface area contributed by atoms with E-state index in [4.69, 9.17) is 66.5 Å². The number of rotatable bonds is 43. The number of nitrogens with zero attached hydrogens (tertiary/aromatic N) is 8. The normalized spacial score (nSPS) is 25.3. The van der Waals surface area contributed by atoms with Gasteiger partial charge in [0.25, 0.3) is 0 Å². The Labute approximate surface area is 560 Å². The van der Waals surface area contributed by atoms with Crippen LogP contribution >= 0.6 is 52.7 Å². The Hall–Kier alpha value is -2.06. The molecule has 7 N–H and O–H groups in total. The Balaban J connectivity index is 0.960. The topological polar surface area (TPSA) is 357 Å². The number of imide groups is 1. The molecule has 7 amide bonds. The fourth-order valence-corrected chi connectivity index (χ4v) is 18.3.